The van der Waals surface area contributed by atoms with Crippen molar-refractivity contribution in [3.05, 3.63) is 65.9 Å². The first-order valence-electron chi connectivity index (χ1n) is 12.7. The number of amides is 1. The van der Waals surface area contributed by atoms with Crippen molar-refractivity contribution in [2.45, 2.75) is 38.7 Å². The predicted octanol–water partition coefficient (Wildman–Crippen LogP) is 3.47. The van der Waals surface area contributed by atoms with Crippen molar-refractivity contribution in [2.24, 2.45) is 9.98 Å². The molecule has 1 aromatic carbocycles. The number of nitrogens with one attached hydrogen (secondary N) is 2. The normalized spacial score (nSPS) is 17.3. The smallest absolute Gasteiger partial charge is 0.251 e. The Bertz CT molecular complexity index is 1370. The number of guanidine groups is 1. The van der Waals surface area contributed by atoms with Crippen LogP contribution in [0.3, 0.4) is 0 Å². The summed E-state index contributed by atoms with van der Waals surface area (Å²) in [5, 5.41) is 16.9. The number of likely N-dealkylation sites (tertiary alicyclic amines) is 1. The SMILES string of the molecule is C=N/C(=N\C=C(/C)c1cc(NC[C@@H](C)c2cccc3c(C(=O)NC)ccnc23)ncn1)N1CCCC(O)C1. The Labute approximate surface area is 222 Å². The fraction of sp³-hybridized carbons (Fsp3) is 0.357. The van der Waals surface area contributed by atoms with Gasteiger partial charge in [-0.3, -0.25) is 9.78 Å². The number of β-amino-alcohol motifs (C(OH)–C–C–N with tert-alkyl or cyclic N) is 1. The third-order valence-electron chi connectivity index (χ3n) is 6.66. The Balaban J connectivity index is 1.47. The fourth-order valence-corrected chi connectivity index (χ4v) is 4.55. The van der Waals surface area contributed by atoms with Crippen LogP contribution in [0.15, 0.2) is 59.0 Å². The molecule has 3 heterocycles. The molecular formula is C28H34N8O2. The molecular weight excluding hydrogens is 480 g/mol. The van der Waals surface area contributed by atoms with E-state index in [9.17, 15) is 9.90 Å². The van der Waals surface area contributed by atoms with Crippen LogP contribution in [0.5, 0.6) is 0 Å². The number of hydrogen-bond donors (Lipinski definition) is 3. The lowest BCUT2D eigenvalue weighted by atomic mass is 9.96. The highest BCUT2D eigenvalue weighted by Gasteiger charge is 2.20. The minimum atomic E-state index is -0.374. The number of anilines is 1. The van der Waals surface area contributed by atoms with E-state index in [1.54, 1.807) is 25.5 Å². The van der Waals surface area contributed by atoms with Gasteiger partial charge in [0, 0.05) is 56.4 Å². The zero-order valence-electron chi connectivity index (χ0n) is 22.1. The largest absolute Gasteiger partial charge is 0.391 e. The average molecular weight is 515 g/mol. The van der Waals surface area contributed by atoms with Gasteiger partial charge in [0.25, 0.3) is 5.91 Å². The number of fused-ring (bicyclic) bond motifs is 1. The van der Waals surface area contributed by atoms with Gasteiger partial charge in [-0.05, 0) is 43.7 Å². The quantitative estimate of drug-likeness (QED) is 0.325. The van der Waals surface area contributed by atoms with Crippen molar-refractivity contribution in [1.29, 1.82) is 0 Å². The molecule has 1 saturated heterocycles. The van der Waals surface area contributed by atoms with E-state index < -0.39 is 0 Å². The van der Waals surface area contributed by atoms with E-state index in [0.717, 1.165) is 47.1 Å². The summed E-state index contributed by atoms with van der Waals surface area (Å²) in [4.78, 5) is 36.1. The van der Waals surface area contributed by atoms with Gasteiger partial charge in [0.2, 0.25) is 5.96 Å². The molecule has 10 nitrogen and oxygen atoms in total. The van der Waals surface area contributed by atoms with Crippen LogP contribution in [-0.2, 0) is 0 Å². The molecule has 1 fully saturated rings. The minimum absolute atomic E-state index is 0.104. The molecule has 4 rings (SSSR count). The number of piperidine rings is 1. The molecule has 1 amide bonds. The number of aliphatic hydroxyl groups is 1. The van der Waals surface area contributed by atoms with Gasteiger partial charge in [-0.1, -0.05) is 25.1 Å². The third kappa shape index (κ3) is 6.20. The first-order valence-corrected chi connectivity index (χ1v) is 12.7. The van der Waals surface area contributed by atoms with E-state index in [-0.39, 0.29) is 17.9 Å². The van der Waals surface area contributed by atoms with Crippen LogP contribution in [0.4, 0.5) is 5.82 Å². The molecule has 0 aliphatic carbocycles. The van der Waals surface area contributed by atoms with Crippen molar-refractivity contribution in [3.8, 4) is 0 Å². The van der Waals surface area contributed by atoms with E-state index >= 15 is 0 Å². The molecule has 0 bridgehead atoms. The molecule has 198 valence electrons. The Kier molecular flexibility index (Phi) is 8.75. The molecule has 1 unspecified atom stereocenters. The Hall–Kier alpha value is -4.18. The number of carbonyl (C=O) groups excluding carboxylic acids is 1. The molecule has 0 radical (unpaired) electrons. The lowest BCUT2D eigenvalue weighted by Crippen LogP contribution is -2.41. The number of nitrogens with zero attached hydrogens (tertiary/aromatic N) is 6. The number of para-hydroxylation sites is 1. The van der Waals surface area contributed by atoms with Crippen molar-refractivity contribution in [2.75, 3.05) is 32.0 Å². The maximum Gasteiger partial charge on any atom is 0.251 e. The van der Waals surface area contributed by atoms with Gasteiger partial charge in [-0.2, -0.15) is 0 Å². The van der Waals surface area contributed by atoms with Crippen molar-refractivity contribution < 1.29 is 9.90 Å². The minimum Gasteiger partial charge on any atom is -0.391 e. The van der Waals surface area contributed by atoms with Gasteiger partial charge in [0.05, 0.1) is 22.9 Å². The number of pyridine rings is 1. The van der Waals surface area contributed by atoms with Gasteiger partial charge in [-0.15, -0.1) is 0 Å². The monoisotopic (exact) mass is 514 g/mol. The van der Waals surface area contributed by atoms with Gasteiger partial charge in [0.1, 0.15) is 12.1 Å². The molecule has 3 N–H and O–H groups in total. The van der Waals surface area contributed by atoms with E-state index in [1.807, 2.05) is 36.1 Å². The van der Waals surface area contributed by atoms with E-state index in [0.29, 0.717) is 30.4 Å². The van der Waals surface area contributed by atoms with Crippen LogP contribution in [-0.4, -0.2) is 76.3 Å². The standard InChI is InChI=1S/C28H34N8O2/c1-18(21-8-5-9-22-23(27(38)29-3)10-11-31-26(21)22)14-32-25-13-24(34-17-35-25)19(2)15-33-28(30-4)36-12-6-7-20(37)16-36/h5,8-11,13,15,17-18,20,37H,4,6-7,12,14,16H2,1-3H3,(H,29,38)(H,32,34,35)/b19-15+,33-28+/t18-,20?/m1/s1. The Morgan fingerprint density at radius 2 is 2.16 bits per heavy atom. The second kappa shape index (κ2) is 12.4. The average Bonchev–Trinajstić information content (AvgIpc) is 2.95. The molecule has 0 spiro atoms. The van der Waals surface area contributed by atoms with E-state index in [2.05, 4.69) is 49.2 Å². The number of allylic oxidation sites excluding steroid dienone is 1. The maximum atomic E-state index is 12.3. The number of benzene rings is 1. The summed E-state index contributed by atoms with van der Waals surface area (Å²) in [6, 6.07) is 9.53. The van der Waals surface area contributed by atoms with E-state index in [1.165, 1.54) is 6.33 Å². The molecule has 2 atom stereocenters. The molecule has 38 heavy (non-hydrogen) atoms. The number of hydrogen-bond acceptors (Lipinski definition) is 7. The van der Waals surface area contributed by atoms with Crippen LogP contribution < -0.4 is 10.6 Å². The summed E-state index contributed by atoms with van der Waals surface area (Å²) < 4.78 is 0. The highest BCUT2D eigenvalue weighted by atomic mass is 16.3. The first-order chi connectivity index (χ1) is 18.4. The lowest BCUT2D eigenvalue weighted by molar-refractivity contribution is 0.0964. The summed E-state index contributed by atoms with van der Waals surface area (Å²) in [7, 11) is 1.62. The number of aliphatic imine (C=N–C) groups is 2. The van der Waals surface area contributed by atoms with Crippen LogP contribution >= 0.6 is 0 Å². The Morgan fingerprint density at radius 1 is 1.32 bits per heavy atom. The second-order valence-corrected chi connectivity index (χ2v) is 9.39. The van der Waals surface area contributed by atoms with Gasteiger partial charge < -0.3 is 20.6 Å². The molecule has 1 aliphatic rings. The van der Waals surface area contributed by atoms with Gasteiger partial charge >= 0.3 is 0 Å². The Morgan fingerprint density at radius 3 is 2.92 bits per heavy atom. The lowest BCUT2D eigenvalue weighted by Gasteiger charge is -2.30. The summed E-state index contributed by atoms with van der Waals surface area (Å²) >= 11 is 0. The summed E-state index contributed by atoms with van der Waals surface area (Å²) in [5.74, 6) is 1.16. The summed E-state index contributed by atoms with van der Waals surface area (Å²) in [5.41, 5.74) is 4.06. The molecule has 2 aromatic heterocycles. The maximum absolute atomic E-state index is 12.3. The molecule has 10 heteroatoms. The van der Waals surface area contributed by atoms with Crippen molar-refractivity contribution >= 4 is 40.9 Å². The van der Waals surface area contributed by atoms with E-state index in [4.69, 9.17) is 0 Å². The van der Waals surface area contributed by atoms with Crippen molar-refractivity contribution in [3.63, 3.8) is 0 Å². The van der Waals surface area contributed by atoms with Crippen LogP contribution in [0.2, 0.25) is 0 Å². The summed E-state index contributed by atoms with van der Waals surface area (Å²) in [6.45, 7) is 9.58. The summed E-state index contributed by atoms with van der Waals surface area (Å²) in [6.07, 6.45) is 6.21. The van der Waals surface area contributed by atoms with Gasteiger partial charge in [-0.25, -0.2) is 20.0 Å². The zero-order valence-corrected chi connectivity index (χ0v) is 22.1. The molecule has 3 aromatic rings. The highest BCUT2D eigenvalue weighted by Crippen LogP contribution is 2.26. The predicted molar refractivity (Wildman–Crippen MR) is 152 cm³/mol. The number of carbonyl (C=O) groups is 1. The zero-order chi connectivity index (χ0) is 27.1. The van der Waals surface area contributed by atoms with Crippen LogP contribution in [0.1, 0.15) is 54.2 Å². The van der Waals surface area contributed by atoms with Crippen LogP contribution in [0.25, 0.3) is 16.5 Å². The molecule has 0 saturated carbocycles. The number of aromatic nitrogens is 3. The number of rotatable bonds is 7. The van der Waals surface area contributed by atoms with Crippen LogP contribution in [0, 0.1) is 0 Å². The highest BCUT2D eigenvalue weighted by molar-refractivity contribution is 6.06. The third-order valence-corrected chi connectivity index (χ3v) is 6.66. The first kappa shape index (κ1) is 26.9. The molecule has 1 aliphatic heterocycles. The topological polar surface area (TPSA) is 128 Å². The number of aliphatic hydroxyl groups excluding tert-OH is 1. The van der Waals surface area contributed by atoms with Gasteiger partial charge in [0.15, 0.2) is 0 Å². The van der Waals surface area contributed by atoms with Crippen molar-refractivity contribution in [1.82, 2.24) is 25.2 Å². The second-order valence-electron chi connectivity index (χ2n) is 9.39. The fourth-order valence-electron chi connectivity index (χ4n) is 4.55.